The number of aromatic nitrogens is 2. The highest BCUT2D eigenvalue weighted by Gasteiger charge is 2.33. The summed E-state index contributed by atoms with van der Waals surface area (Å²) in [6.07, 6.45) is 3.04. The van der Waals surface area contributed by atoms with Crippen molar-refractivity contribution in [1.29, 1.82) is 0 Å². The van der Waals surface area contributed by atoms with Gasteiger partial charge < -0.3 is 0 Å². The molecule has 0 radical (unpaired) electrons. The number of nitrogens with zero attached hydrogens (tertiary/aromatic N) is 2. The van der Waals surface area contributed by atoms with E-state index in [1.807, 2.05) is 0 Å². The van der Waals surface area contributed by atoms with E-state index < -0.39 is 10.0 Å². The minimum Gasteiger partial charge on any atom is -0.281 e. The van der Waals surface area contributed by atoms with Gasteiger partial charge in [-0.25, -0.2) is 8.42 Å². The lowest BCUT2D eigenvalue weighted by Gasteiger charge is -2.31. The fourth-order valence-corrected chi connectivity index (χ4v) is 4.77. The van der Waals surface area contributed by atoms with Crippen molar-refractivity contribution in [1.82, 2.24) is 14.5 Å². The molecule has 2 rings (SSSR count). The number of aromatic amines is 1. The largest absolute Gasteiger partial charge is 0.281 e. The van der Waals surface area contributed by atoms with E-state index in [0.29, 0.717) is 30.4 Å². The van der Waals surface area contributed by atoms with Gasteiger partial charge in [0.05, 0.1) is 17.3 Å². The fraction of sp³-hybridized carbons (Fsp3) is 0.750. The number of halogens is 1. The van der Waals surface area contributed by atoms with Crippen LogP contribution in [0.15, 0.2) is 4.90 Å². The second-order valence-corrected chi connectivity index (χ2v) is 7.18. The Labute approximate surface area is 119 Å². The summed E-state index contributed by atoms with van der Waals surface area (Å²) in [7, 11) is -3.48. The lowest BCUT2D eigenvalue weighted by atomic mass is 9.97. The van der Waals surface area contributed by atoms with E-state index in [1.54, 1.807) is 11.2 Å². The maximum atomic E-state index is 12.7. The monoisotopic (exact) mass is 305 g/mol. The van der Waals surface area contributed by atoms with Crippen LogP contribution in [0.25, 0.3) is 0 Å². The summed E-state index contributed by atoms with van der Waals surface area (Å²) >= 11 is 5.78. The van der Waals surface area contributed by atoms with Gasteiger partial charge in [0.2, 0.25) is 10.0 Å². The van der Waals surface area contributed by atoms with Crippen LogP contribution in [0.2, 0.25) is 0 Å². The van der Waals surface area contributed by atoms with E-state index in [-0.39, 0.29) is 10.8 Å². The van der Waals surface area contributed by atoms with Gasteiger partial charge in [-0.1, -0.05) is 13.3 Å². The maximum absolute atomic E-state index is 12.7. The summed E-state index contributed by atoms with van der Waals surface area (Å²) in [5.74, 6) is 0.555. The van der Waals surface area contributed by atoms with Crippen molar-refractivity contribution < 1.29 is 8.42 Å². The van der Waals surface area contributed by atoms with Crippen molar-refractivity contribution in [2.75, 3.05) is 13.1 Å². The quantitative estimate of drug-likeness (QED) is 0.868. The standard InChI is InChI=1S/C12H20ClN3O2S/c1-3-10-5-4-6-16(8-10)19(17,18)12-9(2)14-15-11(12)7-13/h10H,3-8H2,1-2H3,(H,14,15). The zero-order chi connectivity index (χ0) is 14.0. The summed E-state index contributed by atoms with van der Waals surface area (Å²) in [6.45, 7) is 5.02. The van der Waals surface area contributed by atoms with Crippen LogP contribution in [0.5, 0.6) is 0 Å². The third-order valence-corrected chi connectivity index (χ3v) is 6.07. The van der Waals surface area contributed by atoms with Crippen molar-refractivity contribution in [3.8, 4) is 0 Å². The maximum Gasteiger partial charge on any atom is 0.246 e. The Morgan fingerprint density at radius 3 is 2.89 bits per heavy atom. The number of rotatable bonds is 4. The van der Waals surface area contributed by atoms with Crippen LogP contribution in [0.1, 0.15) is 37.6 Å². The van der Waals surface area contributed by atoms with Crippen LogP contribution in [0.3, 0.4) is 0 Å². The fourth-order valence-electron chi connectivity index (χ4n) is 2.61. The van der Waals surface area contributed by atoms with Gasteiger partial charge in [-0.15, -0.1) is 11.6 Å². The first-order chi connectivity index (χ1) is 9.00. The van der Waals surface area contributed by atoms with Gasteiger partial charge >= 0.3 is 0 Å². The average Bonchev–Trinajstić information content (AvgIpc) is 2.80. The topological polar surface area (TPSA) is 66.1 Å². The molecule has 1 aliphatic rings. The van der Waals surface area contributed by atoms with Gasteiger partial charge in [0.15, 0.2) is 0 Å². The molecule has 1 N–H and O–H groups in total. The second kappa shape index (κ2) is 5.81. The molecule has 0 aliphatic carbocycles. The molecule has 1 fully saturated rings. The van der Waals surface area contributed by atoms with Gasteiger partial charge in [-0.2, -0.15) is 9.40 Å². The number of piperidine rings is 1. The molecule has 7 heteroatoms. The minimum atomic E-state index is -3.48. The number of nitrogens with one attached hydrogen (secondary N) is 1. The number of aryl methyl sites for hydroxylation is 1. The van der Waals surface area contributed by atoms with Crippen molar-refractivity contribution in [3.63, 3.8) is 0 Å². The van der Waals surface area contributed by atoms with E-state index in [1.165, 1.54) is 0 Å². The summed E-state index contributed by atoms with van der Waals surface area (Å²) in [6, 6.07) is 0. The predicted molar refractivity (Wildman–Crippen MR) is 74.7 cm³/mol. The number of H-pyrrole nitrogens is 1. The number of sulfonamides is 1. The number of hydrogen-bond acceptors (Lipinski definition) is 3. The Kier molecular flexibility index (Phi) is 4.53. The van der Waals surface area contributed by atoms with Crippen molar-refractivity contribution in [2.45, 2.75) is 43.9 Å². The van der Waals surface area contributed by atoms with Gasteiger partial charge in [0, 0.05) is 13.1 Å². The normalized spacial score (nSPS) is 21.7. The Morgan fingerprint density at radius 2 is 2.26 bits per heavy atom. The molecular formula is C12H20ClN3O2S. The molecule has 2 heterocycles. The van der Waals surface area contributed by atoms with Crippen LogP contribution in [0, 0.1) is 12.8 Å². The first-order valence-electron chi connectivity index (χ1n) is 6.60. The Balaban J connectivity index is 2.34. The van der Waals surface area contributed by atoms with Crippen LogP contribution in [-0.4, -0.2) is 36.0 Å². The van der Waals surface area contributed by atoms with E-state index in [2.05, 4.69) is 17.1 Å². The molecular weight excluding hydrogens is 286 g/mol. The smallest absolute Gasteiger partial charge is 0.246 e. The first-order valence-corrected chi connectivity index (χ1v) is 8.58. The molecule has 0 spiro atoms. The Bertz CT molecular complexity index is 541. The highest BCUT2D eigenvalue weighted by Crippen LogP contribution is 2.28. The van der Waals surface area contributed by atoms with Crippen LogP contribution < -0.4 is 0 Å². The van der Waals surface area contributed by atoms with Crippen LogP contribution in [-0.2, 0) is 15.9 Å². The third kappa shape index (κ3) is 2.80. The van der Waals surface area contributed by atoms with E-state index >= 15 is 0 Å². The number of hydrogen-bond donors (Lipinski definition) is 1. The zero-order valence-corrected chi connectivity index (χ0v) is 12.9. The lowest BCUT2D eigenvalue weighted by molar-refractivity contribution is 0.261. The Hall–Kier alpha value is -0.590. The molecule has 1 atom stereocenters. The molecule has 1 aliphatic heterocycles. The minimum absolute atomic E-state index is 0.101. The van der Waals surface area contributed by atoms with Gasteiger partial charge in [-0.05, 0) is 25.7 Å². The van der Waals surface area contributed by atoms with Gasteiger partial charge in [0.25, 0.3) is 0 Å². The average molecular weight is 306 g/mol. The van der Waals surface area contributed by atoms with Crippen LogP contribution in [0.4, 0.5) is 0 Å². The molecule has 1 unspecified atom stereocenters. The van der Waals surface area contributed by atoms with Gasteiger partial charge in [-0.3, -0.25) is 5.10 Å². The van der Waals surface area contributed by atoms with Crippen molar-refractivity contribution in [3.05, 3.63) is 11.4 Å². The summed E-state index contributed by atoms with van der Waals surface area (Å²) in [5.41, 5.74) is 0.979. The molecule has 1 aromatic heterocycles. The summed E-state index contributed by atoms with van der Waals surface area (Å²) < 4.78 is 27.0. The lowest BCUT2D eigenvalue weighted by Crippen LogP contribution is -2.40. The van der Waals surface area contributed by atoms with E-state index in [4.69, 9.17) is 11.6 Å². The molecule has 0 aromatic carbocycles. The molecule has 0 amide bonds. The highest BCUT2D eigenvalue weighted by atomic mass is 35.5. The number of alkyl halides is 1. The molecule has 19 heavy (non-hydrogen) atoms. The summed E-state index contributed by atoms with van der Waals surface area (Å²) in [5, 5.41) is 6.69. The molecule has 1 aromatic rings. The second-order valence-electron chi connectivity index (χ2n) is 5.04. The molecule has 0 saturated carbocycles. The van der Waals surface area contributed by atoms with Crippen LogP contribution >= 0.6 is 11.6 Å². The summed E-state index contributed by atoms with van der Waals surface area (Å²) in [4.78, 5) is 0.263. The SMILES string of the molecule is CCC1CCCN(S(=O)(=O)c2c(CCl)n[nH]c2C)C1. The Morgan fingerprint density at radius 1 is 1.53 bits per heavy atom. The van der Waals surface area contributed by atoms with E-state index in [0.717, 1.165) is 19.3 Å². The highest BCUT2D eigenvalue weighted by molar-refractivity contribution is 7.89. The molecule has 1 saturated heterocycles. The molecule has 108 valence electrons. The zero-order valence-electron chi connectivity index (χ0n) is 11.3. The van der Waals surface area contributed by atoms with Crippen molar-refractivity contribution >= 4 is 21.6 Å². The van der Waals surface area contributed by atoms with Crippen molar-refractivity contribution in [2.24, 2.45) is 5.92 Å². The first kappa shape index (κ1) is 14.8. The third-order valence-electron chi connectivity index (χ3n) is 3.74. The predicted octanol–water partition coefficient (Wildman–Crippen LogP) is 2.27. The molecule has 0 bridgehead atoms. The molecule has 5 nitrogen and oxygen atoms in total. The van der Waals surface area contributed by atoms with Gasteiger partial charge in [0.1, 0.15) is 4.90 Å². The van der Waals surface area contributed by atoms with E-state index in [9.17, 15) is 8.42 Å².